The summed E-state index contributed by atoms with van der Waals surface area (Å²) >= 11 is 0. The Kier molecular flexibility index (Phi) is 7.18. The van der Waals surface area contributed by atoms with Crippen LogP contribution in [0.3, 0.4) is 0 Å². The van der Waals surface area contributed by atoms with Crippen molar-refractivity contribution in [3.05, 3.63) is 58.7 Å². The highest BCUT2D eigenvalue weighted by Crippen LogP contribution is 2.32. The van der Waals surface area contributed by atoms with Crippen LogP contribution in [0.4, 0.5) is 23.7 Å². The number of esters is 1. The maximum absolute atomic E-state index is 12.9. The van der Waals surface area contributed by atoms with E-state index in [-0.39, 0.29) is 25.4 Å². The van der Waals surface area contributed by atoms with Gasteiger partial charge in [-0.15, -0.1) is 0 Å². The Labute approximate surface area is 195 Å². The van der Waals surface area contributed by atoms with E-state index in [9.17, 15) is 27.6 Å². The summed E-state index contributed by atoms with van der Waals surface area (Å²) in [6.07, 6.45) is -5.29. The second kappa shape index (κ2) is 9.74. The number of urea groups is 1. The van der Waals surface area contributed by atoms with E-state index in [1.807, 2.05) is 0 Å². The quantitative estimate of drug-likeness (QED) is 0.429. The van der Waals surface area contributed by atoms with Crippen molar-refractivity contribution >= 4 is 23.6 Å². The zero-order valence-corrected chi connectivity index (χ0v) is 19.2. The third-order valence-corrected chi connectivity index (χ3v) is 5.34. The average Bonchev–Trinajstić information content (AvgIpc) is 3.04. The molecule has 1 heterocycles. The van der Waals surface area contributed by atoms with Gasteiger partial charge >= 0.3 is 18.2 Å². The highest BCUT2D eigenvalue weighted by molar-refractivity contribution is 6.12. The van der Waals surface area contributed by atoms with E-state index < -0.39 is 35.8 Å². The molecule has 3 amide bonds. The van der Waals surface area contributed by atoms with E-state index in [4.69, 9.17) is 9.47 Å². The summed E-state index contributed by atoms with van der Waals surface area (Å²) in [7, 11) is 0. The van der Waals surface area contributed by atoms with Crippen molar-refractivity contribution < 1.29 is 37.0 Å². The number of aryl methyl sites for hydroxylation is 2. The molecule has 34 heavy (non-hydrogen) atoms. The normalized spacial score (nSPS) is 15.0. The van der Waals surface area contributed by atoms with E-state index in [0.29, 0.717) is 22.4 Å². The molecule has 0 aromatic heterocycles. The number of ether oxygens (including phenoxy) is 2. The van der Waals surface area contributed by atoms with Gasteiger partial charge in [0.2, 0.25) is 0 Å². The number of hydrogen-bond donors (Lipinski definition) is 0. The number of nitrogens with zero attached hydrogens (tertiary/aromatic N) is 2. The summed E-state index contributed by atoms with van der Waals surface area (Å²) in [6.45, 7) is 6.82. The summed E-state index contributed by atoms with van der Waals surface area (Å²) in [5, 5.41) is 0. The van der Waals surface area contributed by atoms with Crippen molar-refractivity contribution in [1.29, 1.82) is 0 Å². The predicted molar refractivity (Wildman–Crippen MR) is 117 cm³/mol. The zero-order chi connectivity index (χ0) is 25.2. The molecule has 2 aromatic rings. The van der Waals surface area contributed by atoms with Crippen molar-refractivity contribution in [3.63, 3.8) is 0 Å². The van der Waals surface area contributed by atoms with Crippen molar-refractivity contribution in [2.75, 3.05) is 18.1 Å². The van der Waals surface area contributed by atoms with Gasteiger partial charge in [-0.1, -0.05) is 12.1 Å². The van der Waals surface area contributed by atoms with E-state index in [1.54, 1.807) is 39.8 Å². The average molecular weight is 478 g/mol. The van der Waals surface area contributed by atoms with Crippen LogP contribution in [0.5, 0.6) is 5.75 Å². The molecule has 0 aliphatic carbocycles. The minimum Gasteiger partial charge on any atom is -0.478 e. The number of alkyl halides is 3. The lowest BCUT2D eigenvalue weighted by Gasteiger charge is -2.20. The van der Waals surface area contributed by atoms with Crippen molar-refractivity contribution in [2.24, 2.45) is 0 Å². The molecule has 7 nitrogen and oxygen atoms in total. The van der Waals surface area contributed by atoms with Gasteiger partial charge in [-0.25, -0.2) is 9.59 Å². The molecular weight excluding hydrogens is 453 g/mol. The minimum atomic E-state index is -4.49. The number of hydrogen-bond acceptors (Lipinski definition) is 5. The van der Waals surface area contributed by atoms with Crippen LogP contribution in [0.25, 0.3) is 0 Å². The number of amides is 3. The number of imide groups is 1. The molecule has 3 rings (SSSR count). The SMILES string of the molecule is CCOC(=O)C(C)Oc1c(C)cc(CN2C(=O)CN(c3ccc(C(F)(F)F)cc3)C2=O)cc1C. The van der Waals surface area contributed by atoms with Gasteiger partial charge in [-0.3, -0.25) is 14.6 Å². The monoisotopic (exact) mass is 478 g/mol. The Hall–Kier alpha value is -3.56. The third-order valence-electron chi connectivity index (χ3n) is 5.34. The first-order valence-corrected chi connectivity index (χ1v) is 10.6. The molecule has 0 N–H and O–H groups in total. The maximum Gasteiger partial charge on any atom is 0.416 e. The van der Waals surface area contributed by atoms with E-state index >= 15 is 0 Å². The maximum atomic E-state index is 12.9. The molecule has 1 saturated heterocycles. The van der Waals surface area contributed by atoms with Crippen LogP contribution in [-0.4, -0.2) is 42.1 Å². The van der Waals surface area contributed by atoms with Gasteiger partial charge in [0.15, 0.2) is 6.10 Å². The fourth-order valence-electron chi connectivity index (χ4n) is 3.71. The summed E-state index contributed by atoms with van der Waals surface area (Å²) < 4.78 is 49.1. The highest BCUT2D eigenvalue weighted by Gasteiger charge is 2.37. The molecule has 2 aromatic carbocycles. The molecule has 1 aliphatic heterocycles. The van der Waals surface area contributed by atoms with E-state index in [2.05, 4.69) is 0 Å². The number of benzene rings is 2. The van der Waals surface area contributed by atoms with Gasteiger partial charge in [0.25, 0.3) is 5.91 Å². The van der Waals surface area contributed by atoms with Crippen LogP contribution < -0.4 is 9.64 Å². The Morgan fingerprint density at radius 3 is 2.21 bits per heavy atom. The fourth-order valence-corrected chi connectivity index (χ4v) is 3.71. The molecule has 0 bridgehead atoms. The molecule has 0 spiro atoms. The third kappa shape index (κ3) is 5.32. The number of carbonyl (C=O) groups excluding carboxylic acids is 3. The smallest absolute Gasteiger partial charge is 0.416 e. The van der Waals surface area contributed by atoms with Crippen LogP contribution in [-0.2, 0) is 27.0 Å². The lowest BCUT2D eigenvalue weighted by atomic mass is 10.0. The topological polar surface area (TPSA) is 76.2 Å². The summed E-state index contributed by atoms with van der Waals surface area (Å²) in [4.78, 5) is 39.4. The Balaban J connectivity index is 1.75. The molecule has 0 saturated carbocycles. The molecule has 182 valence electrons. The summed E-state index contributed by atoms with van der Waals surface area (Å²) in [5.74, 6) is -0.437. The van der Waals surface area contributed by atoms with Crippen LogP contribution in [0.15, 0.2) is 36.4 Å². The Morgan fingerprint density at radius 2 is 1.68 bits per heavy atom. The molecular formula is C24H25F3N2O5. The lowest BCUT2D eigenvalue weighted by molar-refractivity contribution is -0.150. The molecule has 1 unspecified atom stereocenters. The second-order valence-electron chi connectivity index (χ2n) is 7.96. The van der Waals surface area contributed by atoms with Crippen molar-refractivity contribution in [3.8, 4) is 5.75 Å². The molecule has 1 fully saturated rings. The first kappa shape index (κ1) is 25.1. The van der Waals surface area contributed by atoms with E-state index in [1.165, 1.54) is 12.1 Å². The van der Waals surface area contributed by atoms with Crippen LogP contribution in [0, 0.1) is 13.8 Å². The minimum absolute atomic E-state index is 0.00973. The van der Waals surface area contributed by atoms with Crippen LogP contribution >= 0.6 is 0 Å². The number of rotatable bonds is 7. The number of halogens is 3. The van der Waals surface area contributed by atoms with E-state index in [0.717, 1.165) is 21.9 Å². The molecule has 10 heteroatoms. The lowest BCUT2D eigenvalue weighted by Crippen LogP contribution is -2.32. The second-order valence-corrected chi connectivity index (χ2v) is 7.96. The zero-order valence-electron chi connectivity index (χ0n) is 19.2. The Bertz CT molecular complexity index is 1080. The van der Waals surface area contributed by atoms with Gasteiger partial charge in [0.05, 0.1) is 18.7 Å². The number of carbonyl (C=O) groups is 3. The summed E-state index contributed by atoms with van der Waals surface area (Å²) in [5.41, 5.74) is 1.46. The molecule has 1 atom stereocenters. The fraction of sp³-hybridized carbons (Fsp3) is 0.375. The Morgan fingerprint density at radius 1 is 1.09 bits per heavy atom. The first-order chi connectivity index (χ1) is 15.9. The van der Waals surface area contributed by atoms with Gasteiger partial charge < -0.3 is 9.47 Å². The van der Waals surface area contributed by atoms with Crippen molar-refractivity contribution in [1.82, 2.24) is 4.90 Å². The highest BCUT2D eigenvalue weighted by atomic mass is 19.4. The number of anilines is 1. The largest absolute Gasteiger partial charge is 0.478 e. The summed E-state index contributed by atoms with van der Waals surface area (Å²) in [6, 6.07) is 6.97. The first-order valence-electron chi connectivity index (χ1n) is 10.6. The molecule has 0 radical (unpaired) electrons. The van der Waals surface area contributed by atoms with Gasteiger partial charge in [0.1, 0.15) is 12.3 Å². The molecule has 1 aliphatic rings. The van der Waals surface area contributed by atoms with Crippen LogP contribution in [0.1, 0.15) is 36.1 Å². The van der Waals surface area contributed by atoms with Crippen LogP contribution in [0.2, 0.25) is 0 Å². The van der Waals surface area contributed by atoms with Crippen molar-refractivity contribution in [2.45, 2.75) is 46.5 Å². The standard InChI is InChI=1S/C24H25F3N2O5/c1-5-33-22(31)16(4)34-21-14(2)10-17(11-15(21)3)12-29-20(30)13-28(23(29)32)19-8-6-18(7-9-19)24(25,26)27/h6-11,16H,5,12-13H2,1-4H3. The predicted octanol–water partition coefficient (Wildman–Crippen LogP) is 4.62. The van der Waals surface area contributed by atoms with Gasteiger partial charge in [-0.05, 0) is 68.7 Å². The van der Waals surface area contributed by atoms with Gasteiger partial charge in [-0.2, -0.15) is 13.2 Å². The van der Waals surface area contributed by atoms with Gasteiger partial charge in [0, 0.05) is 5.69 Å².